The number of carbonyl (C=O) groups excluding carboxylic acids is 1. The standard InChI is InChI=1S/C15H12ClFN2O2/c16-14-4-1-9(7-18-14)15(20)19-8-12-6-10-5-11(17)2-3-13(10)21-12/h1-5,7,12H,6,8H2,(H,19,20)/t12-/m1/s1. The lowest BCUT2D eigenvalue weighted by Gasteiger charge is -2.11. The third-order valence-corrected chi connectivity index (χ3v) is 3.47. The molecule has 1 aromatic heterocycles. The van der Waals surface area contributed by atoms with E-state index in [4.69, 9.17) is 16.3 Å². The second-order valence-corrected chi connectivity index (χ2v) is 5.16. The molecule has 4 nitrogen and oxygen atoms in total. The number of hydrogen-bond donors (Lipinski definition) is 1. The second kappa shape index (κ2) is 5.69. The summed E-state index contributed by atoms with van der Waals surface area (Å²) in [5.74, 6) is 0.142. The van der Waals surface area contributed by atoms with Gasteiger partial charge in [0.2, 0.25) is 0 Å². The Hall–Kier alpha value is -2.14. The monoisotopic (exact) mass is 306 g/mol. The maximum absolute atomic E-state index is 13.1. The molecule has 1 atom stereocenters. The summed E-state index contributed by atoms with van der Waals surface area (Å²) < 4.78 is 18.8. The van der Waals surface area contributed by atoms with Crippen LogP contribution in [0.4, 0.5) is 4.39 Å². The fourth-order valence-corrected chi connectivity index (χ4v) is 2.33. The molecule has 2 heterocycles. The van der Waals surface area contributed by atoms with Crippen LogP contribution in [0.25, 0.3) is 0 Å². The maximum Gasteiger partial charge on any atom is 0.252 e. The predicted octanol–water partition coefficient (Wildman–Crippen LogP) is 2.61. The van der Waals surface area contributed by atoms with E-state index in [2.05, 4.69) is 10.3 Å². The van der Waals surface area contributed by atoms with E-state index in [0.29, 0.717) is 29.4 Å². The van der Waals surface area contributed by atoms with E-state index < -0.39 is 0 Å². The predicted molar refractivity (Wildman–Crippen MR) is 76.1 cm³/mol. The smallest absolute Gasteiger partial charge is 0.252 e. The van der Waals surface area contributed by atoms with Gasteiger partial charge in [-0.1, -0.05) is 11.6 Å². The highest BCUT2D eigenvalue weighted by Gasteiger charge is 2.23. The van der Waals surface area contributed by atoms with Crippen LogP contribution in [-0.4, -0.2) is 23.5 Å². The van der Waals surface area contributed by atoms with E-state index >= 15 is 0 Å². The number of amides is 1. The first-order chi connectivity index (χ1) is 10.1. The normalized spacial score (nSPS) is 16.2. The van der Waals surface area contributed by atoms with Crippen LogP contribution in [0.1, 0.15) is 15.9 Å². The van der Waals surface area contributed by atoms with Crippen LogP contribution in [0.15, 0.2) is 36.5 Å². The Morgan fingerprint density at radius 1 is 1.43 bits per heavy atom. The molecule has 108 valence electrons. The Balaban J connectivity index is 1.57. The Kier molecular flexibility index (Phi) is 3.75. The first-order valence-electron chi connectivity index (χ1n) is 6.46. The van der Waals surface area contributed by atoms with Crippen molar-refractivity contribution >= 4 is 17.5 Å². The van der Waals surface area contributed by atoms with Crippen LogP contribution in [0.2, 0.25) is 5.15 Å². The maximum atomic E-state index is 13.1. The van der Waals surface area contributed by atoms with Gasteiger partial charge in [-0.3, -0.25) is 4.79 Å². The number of ether oxygens (including phenoxy) is 1. The van der Waals surface area contributed by atoms with Crippen LogP contribution in [0.3, 0.4) is 0 Å². The average Bonchev–Trinajstić information content (AvgIpc) is 2.87. The molecule has 1 aromatic carbocycles. The molecule has 0 spiro atoms. The highest BCUT2D eigenvalue weighted by molar-refractivity contribution is 6.29. The van der Waals surface area contributed by atoms with Crippen LogP contribution < -0.4 is 10.1 Å². The molecule has 0 saturated carbocycles. The van der Waals surface area contributed by atoms with E-state index in [-0.39, 0.29) is 17.8 Å². The number of nitrogens with one attached hydrogen (secondary N) is 1. The lowest BCUT2D eigenvalue weighted by Crippen LogP contribution is -2.34. The third kappa shape index (κ3) is 3.13. The number of aromatic nitrogens is 1. The van der Waals surface area contributed by atoms with Crippen molar-refractivity contribution < 1.29 is 13.9 Å². The van der Waals surface area contributed by atoms with Gasteiger partial charge in [0.05, 0.1) is 12.1 Å². The summed E-state index contributed by atoms with van der Waals surface area (Å²) in [7, 11) is 0. The molecular formula is C15H12ClFN2O2. The minimum atomic E-state index is -0.283. The van der Waals surface area contributed by atoms with Crippen molar-refractivity contribution in [1.29, 1.82) is 0 Å². The van der Waals surface area contributed by atoms with E-state index in [0.717, 1.165) is 5.56 Å². The van der Waals surface area contributed by atoms with Gasteiger partial charge >= 0.3 is 0 Å². The number of halogens is 2. The van der Waals surface area contributed by atoms with Crippen molar-refractivity contribution in [2.24, 2.45) is 0 Å². The van der Waals surface area contributed by atoms with Gasteiger partial charge in [0, 0.05) is 18.2 Å². The summed E-state index contributed by atoms with van der Waals surface area (Å²) in [4.78, 5) is 15.8. The Labute approximate surface area is 125 Å². The number of fused-ring (bicyclic) bond motifs is 1. The van der Waals surface area contributed by atoms with Gasteiger partial charge < -0.3 is 10.1 Å². The van der Waals surface area contributed by atoms with Crippen molar-refractivity contribution in [2.45, 2.75) is 12.5 Å². The fraction of sp³-hybridized carbons (Fsp3) is 0.200. The van der Waals surface area contributed by atoms with E-state index in [1.807, 2.05) is 0 Å². The minimum absolute atomic E-state index is 0.189. The number of rotatable bonds is 3. The van der Waals surface area contributed by atoms with E-state index in [1.54, 1.807) is 18.2 Å². The molecule has 1 N–H and O–H groups in total. The van der Waals surface area contributed by atoms with Gasteiger partial charge in [-0.15, -0.1) is 0 Å². The number of pyridine rings is 1. The lowest BCUT2D eigenvalue weighted by molar-refractivity contribution is 0.0933. The van der Waals surface area contributed by atoms with Crippen molar-refractivity contribution in [3.63, 3.8) is 0 Å². The average molecular weight is 307 g/mol. The summed E-state index contributed by atoms with van der Waals surface area (Å²) in [5, 5.41) is 3.11. The SMILES string of the molecule is O=C(NC[C@H]1Cc2cc(F)ccc2O1)c1ccc(Cl)nc1. The summed E-state index contributed by atoms with van der Waals surface area (Å²) >= 11 is 5.67. The Morgan fingerprint density at radius 3 is 3.05 bits per heavy atom. The molecule has 6 heteroatoms. The number of nitrogens with zero attached hydrogens (tertiary/aromatic N) is 1. The highest BCUT2D eigenvalue weighted by Crippen LogP contribution is 2.28. The zero-order valence-corrected chi connectivity index (χ0v) is 11.7. The second-order valence-electron chi connectivity index (χ2n) is 4.78. The van der Waals surface area contributed by atoms with Gasteiger partial charge in [0.1, 0.15) is 22.8 Å². The molecule has 1 aliphatic rings. The van der Waals surface area contributed by atoms with E-state index in [9.17, 15) is 9.18 Å². The molecule has 21 heavy (non-hydrogen) atoms. The molecule has 2 aromatic rings. The topological polar surface area (TPSA) is 51.2 Å². The molecule has 0 aliphatic carbocycles. The number of hydrogen-bond acceptors (Lipinski definition) is 3. The van der Waals surface area contributed by atoms with Gasteiger partial charge in [-0.2, -0.15) is 0 Å². The minimum Gasteiger partial charge on any atom is -0.488 e. The molecule has 3 rings (SSSR count). The van der Waals surface area contributed by atoms with Crippen molar-refractivity contribution in [3.8, 4) is 5.75 Å². The number of carbonyl (C=O) groups is 1. The van der Waals surface area contributed by atoms with Gasteiger partial charge in [-0.05, 0) is 30.3 Å². The summed E-state index contributed by atoms with van der Waals surface area (Å²) in [6, 6.07) is 7.58. The summed E-state index contributed by atoms with van der Waals surface area (Å²) in [6.45, 7) is 0.345. The third-order valence-electron chi connectivity index (χ3n) is 3.24. The van der Waals surface area contributed by atoms with Gasteiger partial charge in [0.15, 0.2) is 0 Å². The van der Waals surface area contributed by atoms with Crippen molar-refractivity contribution in [2.75, 3.05) is 6.54 Å². The van der Waals surface area contributed by atoms with Gasteiger partial charge in [-0.25, -0.2) is 9.37 Å². The van der Waals surface area contributed by atoms with Crippen LogP contribution >= 0.6 is 11.6 Å². The largest absolute Gasteiger partial charge is 0.488 e. The zero-order chi connectivity index (χ0) is 14.8. The molecule has 0 radical (unpaired) electrons. The number of benzene rings is 1. The van der Waals surface area contributed by atoms with E-state index in [1.165, 1.54) is 18.3 Å². The molecule has 1 aliphatic heterocycles. The Bertz CT molecular complexity index is 676. The van der Waals surface area contributed by atoms with Crippen molar-refractivity contribution in [1.82, 2.24) is 10.3 Å². The first-order valence-corrected chi connectivity index (χ1v) is 6.84. The zero-order valence-electron chi connectivity index (χ0n) is 11.0. The van der Waals surface area contributed by atoms with Crippen LogP contribution in [0.5, 0.6) is 5.75 Å². The molecular weight excluding hydrogens is 295 g/mol. The van der Waals surface area contributed by atoms with Gasteiger partial charge in [0.25, 0.3) is 5.91 Å². The quantitative estimate of drug-likeness (QED) is 0.887. The molecule has 0 bridgehead atoms. The fourth-order valence-electron chi connectivity index (χ4n) is 2.22. The Morgan fingerprint density at radius 2 is 2.29 bits per heavy atom. The highest BCUT2D eigenvalue weighted by atomic mass is 35.5. The lowest BCUT2D eigenvalue weighted by atomic mass is 10.1. The molecule has 0 fully saturated rings. The van der Waals surface area contributed by atoms with Crippen LogP contribution in [0, 0.1) is 5.82 Å². The summed E-state index contributed by atoms with van der Waals surface area (Å²) in [6.07, 6.45) is 1.80. The molecule has 0 saturated heterocycles. The first kappa shape index (κ1) is 13.8. The van der Waals surface area contributed by atoms with Crippen molar-refractivity contribution in [3.05, 3.63) is 58.6 Å². The summed E-state index contributed by atoms with van der Waals surface area (Å²) in [5.41, 5.74) is 1.25. The van der Waals surface area contributed by atoms with Crippen LogP contribution in [-0.2, 0) is 6.42 Å². The molecule has 0 unspecified atom stereocenters. The molecule has 1 amide bonds.